The topological polar surface area (TPSA) is 87.7 Å². The maximum absolute atomic E-state index is 12.7. The van der Waals surface area contributed by atoms with Crippen molar-refractivity contribution in [2.75, 3.05) is 0 Å². The van der Waals surface area contributed by atoms with Gasteiger partial charge in [-0.3, -0.25) is 9.59 Å². The zero-order valence-electron chi connectivity index (χ0n) is 13.1. The molecule has 2 N–H and O–H groups in total. The Morgan fingerprint density at radius 3 is 2.75 bits per heavy atom. The number of carbonyl (C=O) groups is 1. The minimum absolute atomic E-state index is 0.0400. The van der Waals surface area contributed by atoms with Gasteiger partial charge < -0.3 is 10.3 Å². The molecular formula is C17H16N4O2S. The fourth-order valence-electron chi connectivity index (χ4n) is 2.97. The molecule has 2 heterocycles. The standard InChI is InChI=1S/C17H16N4O2S/c1-10-9-24-16(18-10)17(7-4-8-17)21-15(23)13-19-12-6-3-2-5-11(12)14(22)20-13/h2-3,5-6,9H,4,7-8H2,1H3,(H,21,23)(H,19,20,22). The highest BCUT2D eigenvalue weighted by Gasteiger charge is 2.43. The maximum Gasteiger partial charge on any atom is 0.287 e. The van der Waals surface area contributed by atoms with Crippen LogP contribution in [-0.4, -0.2) is 20.9 Å². The first kappa shape index (κ1) is 15.0. The lowest BCUT2D eigenvalue weighted by Gasteiger charge is -2.40. The van der Waals surface area contributed by atoms with Crippen molar-refractivity contribution in [2.24, 2.45) is 0 Å². The Morgan fingerprint density at radius 2 is 2.08 bits per heavy atom. The van der Waals surface area contributed by atoms with Gasteiger partial charge in [0.2, 0.25) is 0 Å². The van der Waals surface area contributed by atoms with Crippen molar-refractivity contribution in [3.05, 3.63) is 56.5 Å². The Bertz CT molecular complexity index is 987. The molecule has 7 heteroatoms. The third kappa shape index (κ3) is 2.41. The smallest absolute Gasteiger partial charge is 0.287 e. The van der Waals surface area contributed by atoms with Crippen molar-refractivity contribution in [3.63, 3.8) is 0 Å². The highest BCUT2D eigenvalue weighted by atomic mass is 32.1. The van der Waals surface area contributed by atoms with E-state index in [1.165, 1.54) is 0 Å². The van der Waals surface area contributed by atoms with Crippen LogP contribution in [0.5, 0.6) is 0 Å². The fourth-order valence-corrected chi connectivity index (χ4v) is 3.98. The van der Waals surface area contributed by atoms with Crippen LogP contribution in [0.25, 0.3) is 10.9 Å². The molecular weight excluding hydrogens is 324 g/mol. The van der Waals surface area contributed by atoms with Crippen molar-refractivity contribution in [2.45, 2.75) is 31.7 Å². The predicted octanol–water partition coefficient (Wildman–Crippen LogP) is 2.50. The number of carbonyl (C=O) groups excluding carboxylic acids is 1. The number of para-hydroxylation sites is 1. The van der Waals surface area contributed by atoms with Gasteiger partial charge in [-0.25, -0.2) is 9.97 Å². The monoisotopic (exact) mass is 340 g/mol. The van der Waals surface area contributed by atoms with Crippen molar-refractivity contribution in [3.8, 4) is 0 Å². The van der Waals surface area contributed by atoms with Crippen LogP contribution in [0.15, 0.2) is 34.4 Å². The van der Waals surface area contributed by atoms with Crippen molar-refractivity contribution >= 4 is 28.1 Å². The SMILES string of the molecule is Cc1csc(C2(NC(=O)c3nc4ccccc4c(=O)[nH]3)CCC2)n1. The van der Waals surface area contributed by atoms with Gasteiger partial charge in [-0.2, -0.15) is 0 Å². The molecule has 0 bridgehead atoms. The Balaban J connectivity index is 1.68. The van der Waals surface area contributed by atoms with Gasteiger partial charge in [0.1, 0.15) is 5.01 Å². The van der Waals surface area contributed by atoms with E-state index in [2.05, 4.69) is 20.3 Å². The quantitative estimate of drug-likeness (QED) is 0.767. The first-order valence-electron chi connectivity index (χ1n) is 7.82. The molecule has 24 heavy (non-hydrogen) atoms. The highest BCUT2D eigenvalue weighted by Crippen LogP contribution is 2.42. The molecule has 0 spiro atoms. The zero-order chi connectivity index (χ0) is 16.7. The Morgan fingerprint density at radius 1 is 1.29 bits per heavy atom. The lowest BCUT2D eigenvalue weighted by Crippen LogP contribution is -2.51. The van der Waals surface area contributed by atoms with Gasteiger partial charge in [0.25, 0.3) is 11.5 Å². The summed E-state index contributed by atoms with van der Waals surface area (Å²) in [7, 11) is 0. The van der Waals surface area contributed by atoms with Gasteiger partial charge in [-0.05, 0) is 38.3 Å². The highest BCUT2D eigenvalue weighted by molar-refractivity contribution is 7.09. The predicted molar refractivity (Wildman–Crippen MR) is 92.2 cm³/mol. The Labute approximate surface area is 142 Å². The molecule has 1 aliphatic carbocycles. The summed E-state index contributed by atoms with van der Waals surface area (Å²) in [6.45, 7) is 1.94. The van der Waals surface area contributed by atoms with Crippen LogP contribution in [0.3, 0.4) is 0 Å². The molecule has 1 aromatic carbocycles. The first-order chi connectivity index (χ1) is 11.6. The first-order valence-corrected chi connectivity index (χ1v) is 8.70. The van der Waals surface area contributed by atoms with Gasteiger partial charge in [0.15, 0.2) is 5.82 Å². The average Bonchev–Trinajstić information content (AvgIpc) is 2.97. The van der Waals surface area contributed by atoms with Gasteiger partial charge in [0, 0.05) is 11.1 Å². The molecule has 1 fully saturated rings. The molecule has 1 amide bonds. The number of aryl methyl sites for hydroxylation is 1. The number of hydrogen-bond donors (Lipinski definition) is 2. The van der Waals surface area contributed by atoms with Gasteiger partial charge in [-0.15, -0.1) is 11.3 Å². The zero-order valence-corrected chi connectivity index (χ0v) is 13.9. The van der Waals surface area contributed by atoms with Gasteiger partial charge in [-0.1, -0.05) is 12.1 Å². The summed E-state index contributed by atoms with van der Waals surface area (Å²) in [5, 5.41) is 6.42. The largest absolute Gasteiger partial charge is 0.337 e. The van der Waals surface area contributed by atoms with Gasteiger partial charge >= 0.3 is 0 Å². The molecule has 4 rings (SSSR count). The number of aromatic nitrogens is 3. The van der Waals surface area contributed by atoms with E-state index in [1.54, 1.807) is 35.6 Å². The van der Waals surface area contributed by atoms with Crippen molar-refractivity contribution < 1.29 is 4.79 Å². The number of hydrogen-bond acceptors (Lipinski definition) is 5. The molecule has 0 atom stereocenters. The maximum atomic E-state index is 12.7. The molecule has 0 aliphatic heterocycles. The summed E-state index contributed by atoms with van der Waals surface area (Å²) in [6, 6.07) is 6.98. The van der Waals surface area contributed by atoms with Crippen LogP contribution in [0, 0.1) is 6.92 Å². The number of H-pyrrole nitrogens is 1. The molecule has 122 valence electrons. The summed E-state index contributed by atoms with van der Waals surface area (Å²) in [5.41, 5.74) is 0.727. The van der Waals surface area contributed by atoms with Crippen LogP contribution in [0.1, 0.15) is 40.6 Å². The van der Waals surface area contributed by atoms with Crippen LogP contribution in [0.2, 0.25) is 0 Å². The molecule has 2 aromatic heterocycles. The molecule has 3 aromatic rings. The molecule has 0 unspecified atom stereocenters. The molecule has 6 nitrogen and oxygen atoms in total. The summed E-state index contributed by atoms with van der Waals surface area (Å²) in [5.74, 6) is -0.330. The summed E-state index contributed by atoms with van der Waals surface area (Å²) < 4.78 is 0. The van der Waals surface area contributed by atoms with E-state index in [1.807, 2.05) is 12.3 Å². The second-order valence-electron chi connectivity index (χ2n) is 6.12. The molecule has 1 saturated carbocycles. The lowest BCUT2D eigenvalue weighted by atomic mass is 9.77. The average molecular weight is 340 g/mol. The summed E-state index contributed by atoms with van der Waals surface area (Å²) in [6.07, 6.45) is 2.74. The molecule has 0 saturated heterocycles. The van der Waals surface area contributed by atoms with Crippen molar-refractivity contribution in [1.82, 2.24) is 20.3 Å². The van der Waals surface area contributed by atoms with Gasteiger partial charge in [0.05, 0.1) is 16.4 Å². The lowest BCUT2D eigenvalue weighted by molar-refractivity contribution is 0.0812. The van der Waals surface area contributed by atoms with E-state index in [0.29, 0.717) is 10.9 Å². The number of rotatable bonds is 3. The van der Waals surface area contributed by atoms with E-state index >= 15 is 0 Å². The van der Waals surface area contributed by atoms with E-state index in [0.717, 1.165) is 30.0 Å². The number of fused-ring (bicyclic) bond motifs is 1. The summed E-state index contributed by atoms with van der Waals surface area (Å²) >= 11 is 1.56. The van der Waals surface area contributed by atoms with Crippen molar-refractivity contribution in [1.29, 1.82) is 0 Å². The Kier molecular flexibility index (Phi) is 3.45. The van der Waals surface area contributed by atoms with E-state index < -0.39 is 5.54 Å². The van der Waals surface area contributed by atoms with Crippen LogP contribution < -0.4 is 10.9 Å². The number of thiazole rings is 1. The summed E-state index contributed by atoms with van der Waals surface area (Å²) in [4.78, 5) is 36.2. The van der Waals surface area contributed by atoms with Crippen LogP contribution in [0.4, 0.5) is 0 Å². The number of aromatic amines is 1. The van der Waals surface area contributed by atoms with Crippen LogP contribution in [-0.2, 0) is 5.54 Å². The third-order valence-electron chi connectivity index (χ3n) is 4.42. The number of benzene rings is 1. The molecule has 0 radical (unpaired) electrons. The van der Waals surface area contributed by atoms with Crippen LogP contribution >= 0.6 is 11.3 Å². The number of nitrogens with zero attached hydrogens (tertiary/aromatic N) is 2. The second-order valence-corrected chi connectivity index (χ2v) is 6.97. The minimum Gasteiger partial charge on any atom is -0.337 e. The number of nitrogens with one attached hydrogen (secondary N) is 2. The van der Waals surface area contributed by atoms with E-state index in [-0.39, 0.29) is 17.3 Å². The second kappa shape index (κ2) is 5.52. The van der Waals surface area contributed by atoms with E-state index in [9.17, 15) is 9.59 Å². The Hall–Kier alpha value is -2.54. The normalized spacial score (nSPS) is 15.9. The minimum atomic E-state index is -0.430. The third-order valence-corrected chi connectivity index (χ3v) is 5.58. The number of amides is 1. The van der Waals surface area contributed by atoms with E-state index in [4.69, 9.17) is 0 Å². The fraction of sp³-hybridized carbons (Fsp3) is 0.294. The molecule has 1 aliphatic rings.